The van der Waals surface area contributed by atoms with Gasteiger partial charge in [-0.1, -0.05) is 23.7 Å². The third-order valence-corrected chi connectivity index (χ3v) is 9.12. The lowest BCUT2D eigenvalue weighted by Gasteiger charge is -2.35. The van der Waals surface area contributed by atoms with E-state index in [2.05, 4.69) is 26.1 Å². The molecule has 2 aliphatic heterocycles. The lowest BCUT2D eigenvalue weighted by atomic mass is 9.87. The summed E-state index contributed by atoms with van der Waals surface area (Å²) in [4.78, 5) is 14.5. The Balaban J connectivity index is 1.09. The van der Waals surface area contributed by atoms with E-state index in [1.165, 1.54) is 12.4 Å². The largest absolute Gasteiger partial charge is 0.451 e. The van der Waals surface area contributed by atoms with Crippen molar-refractivity contribution < 1.29 is 27.0 Å². The second-order valence-corrected chi connectivity index (χ2v) is 12.7. The number of hydrogen-bond donors (Lipinski definition) is 1. The normalized spacial score (nSPS) is 23.7. The van der Waals surface area contributed by atoms with Gasteiger partial charge in [0, 0.05) is 49.5 Å². The van der Waals surface area contributed by atoms with Crippen LogP contribution in [0, 0.1) is 16.7 Å². The molecule has 7 rings (SSSR count). The topological polar surface area (TPSA) is 113 Å². The maximum Gasteiger partial charge on any atom is 0.451 e. The molecule has 5 heterocycles. The molecule has 1 aromatic carbocycles. The first-order valence-electron chi connectivity index (χ1n) is 14.8. The van der Waals surface area contributed by atoms with Crippen molar-refractivity contribution in [2.45, 2.75) is 63.2 Å². The van der Waals surface area contributed by atoms with Crippen LogP contribution in [0.5, 0.6) is 11.5 Å². The third-order valence-electron chi connectivity index (χ3n) is 8.89. The number of alkyl halides is 4. The van der Waals surface area contributed by atoms with E-state index in [1.54, 1.807) is 31.2 Å². The fourth-order valence-electron chi connectivity index (χ4n) is 6.18. The first-order chi connectivity index (χ1) is 22.0. The first kappa shape index (κ1) is 30.4. The Morgan fingerprint density at radius 3 is 2.65 bits per heavy atom. The Hall–Kier alpha value is -4.28. The number of nitrogens with zero attached hydrogens (tertiary/aromatic N) is 6. The molecule has 0 bridgehead atoms. The second kappa shape index (κ2) is 11.2. The Kier molecular flexibility index (Phi) is 7.40. The van der Waals surface area contributed by atoms with Crippen molar-refractivity contribution in [3.63, 3.8) is 0 Å². The van der Waals surface area contributed by atoms with Gasteiger partial charge in [0.25, 0.3) is 5.79 Å². The van der Waals surface area contributed by atoms with Gasteiger partial charge < -0.3 is 9.47 Å². The van der Waals surface area contributed by atoms with Crippen LogP contribution >= 0.6 is 11.6 Å². The summed E-state index contributed by atoms with van der Waals surface area (Å²) in [5.74, 6) is -1.95. The number of halogens is 5. The zero-order valence-corrected chi connectivity index (χ0v) is 25.4. The van der Waals surface area contributed by atoms with Gasteiger partial charge in [0.05, 0.1) is 22.2 Å². The minimum atomic E-state index is -4.66. The minimum absolute atomic E-state index is 0.132. The number of pyridine rings is 2. The van der Waals surface area contributed by atoms with Crippen LogP contribution in [-0.4, -0.2) is 49.3 Å². The summed E-state index contributed by atoms with van der Waals surface area (Å²) in [6, 6.07) is 13.0. The maximum absolute atomic E-state index is 16.0. The third kappa shape index (κ3) is 5.76. The molecule has 0 spiro atoms. The quantitative estimate of drug-likeness (QED) is 0.218. The average Bonchev–Trinajstić information content (AvgIpc) is 3.42. The number of piperidine rings is 1. The summed E-state index contributed by atoms with van der Waals surface area (Å²) in [6.45, 7) is 2.77. The van der Waals surface area contributed by atoms with E-state index in [-0.39, 0.29) is 12.4 Å². The van der Waals surface area contributed by atoms with Gasteiger partial charge in [0.2, 0.25) is 5.82 Å². The predicted octanol–water partition coefficient (Wildman–Crippen LogP) is 6.75. The van der Waals surface area contributed by atoms with Crippen LogP contribution < -0.4 is 9.47 Å². The molecule has 2 fully saturated rings. The number of fused-ring (bicyclic) bond motifs is 1. The molecular formula is C32H28ClF4N7O2. The number of para-hydroxylation sites is 1. The van der Waals surface area contributed by atoms with Gasteiger partial charge >= 0.3 is 6.18 Å². The van der Waals surface area contributed by atoms with Crippen molar-refractivity contribution in [1.82, 2.24) is 30.0 Å². The van der Waals surface area contributed by atoms with E-state index in [4.69, 9.17) is 21.1 Å². The highest BCUT2D eigenvalue weighted by atomic mass is 35.5. The van der Waals surface area contributed by atoms with Gasteiger partial charge in [-0.2, -0.15) is 23.5 Å². The molecular weight excluding hydrogens is 626 g/mol. The molecule has 0 amide bonds. The van der Waals surface area contributed by atoms with Gasteiger partial charge in [-0.25, -0.2) is 9.37 Å². The number of rotatable bonds is 7. The van der Waals surface area contributed by atoms with Crippen LogP contribution in [0.1, 0.15) is 60.4 Å². The smallest absolute Gasteiger partial charge is 0.443 e. The number of nitriles is 1. The van der Waals surface area contributed by atoms with E-state index in [1.807, 2.05) is 22.1 Å². The number of hydrogen-bond acceptors (Lipinski definition) is 8. The average molecular weight is 654 g/mol. The lowest BCUT2D eigenvalue weighted by Crippen LogP contribution is -2.40. The van der Waals surface area contributed by atoms with Crippen LogP contribution in [0.2, 0.25) is 5.02 Å². The molecule has 4 aromatic rings. The Morgan fingerprint density at radius 1 is 1.15 bits per heavy atom. The van der Waals surface area contributed by atoms with Crippen LogP contribution in [0.3, 0.4) is 0 Å². The molecule has 3 aromatic heterocycles. The van der Waals surface area contributed by atoms with Crippen LogP contribution in [0.4, 0.5) is 17.6 Å². The molecule has 14 heteroatoms. The van der Waals surface area contributed by atoms with Crippen LogP contribution in [0.15, 0.2) is 48.8 Å². The zero-order chi connectivity index (χ0) is 32.3. The van der Waals surface area contributed by atoms with Crippen molar-refractivity contribution in [3.05, 3.63) is 82.2 Å². The van der Waals surface area contributed by atoms with Crippen LogP contribution in [0.25, 0.3) is 11.4 Å². The molecule has 1 aliphatic carbocycles. The minimum Gasteiger partial charge on any atom is -0.443 e. The maximum atomic E-state index is 16.0. The van der Waals surface area contributed by atoms with Crippen molar-refractivity contribution >= 4 is 11.6 Å². The summed E-state index contributed by atoms with van der Waals surface area (Å²) >= 11 is 6.00. The van der Waals surface area contributed by atoms with Crippen molar-refractivity contribution in [2.24, 2.45) is 5.41 Å². The van der Waals surface area contributed by atoms with Gasteiger partial charge in [-0.15, -0.1) is 0 Å². The van der Waals surface area contributed by atoms with Crippen molar-refractivity contribution in [2.75, 3.05) is 13.1 Å². The van der Waals surface area contributed by atoms with Gasteiger partial charge in [0.1, 0.15) is 11.9 Å². The zero-order valence-electron chi connectivity index (χ0n) is 24.6. The molecule has 238 valence electrons. The molecule has 3 aliphatic rings. The van der Waals surface area contributed by atoms with Crippen LogP contribution in [-0.2, 0) is 24.9 Å². The Bertz CT molecular complexity index is 1820. The fourth-order valence-corrected chi connectivity index (χ4v) is 6.29. The Morgan fingerprint density at radius 2 is 1.98 bits per heavy atom. The summed E-state index contributed by atoms with van der Waals surface area (Å²) in [6.07, 6.45) is -0.608. The number of benzene rings is 1. The first-order valence-corrected chi connectivity index (χ1v) is 15.2. The van der Waals surface area contributed by atoms with E-state index >= 15 is 4.39 Å². The monoisotopic (exact) mass is 653 g/mol. The Labute approximate surface area is 266 Å². The number of nitrogens with one attached hydrogen (secondary N) is 1. The molecule has 0 radical (unpaired) electrons. The highest BCUT2D eigenvalue weighted by Gasteiger charge is 2.45. The summed E-state index contributed by atoms with van der Waals surface area (Å²) in [5, 5.41) is 15.9. The van der Waals surface area contributed by atoms with E-state index in [0.717, 1.165) is 18.4 Å². The van der Waals surface area contributed by atoms with Gasteiger partial charge in [0.15, 0.2) is 17.3 Å². The van der Waals surface area contributed by atoms with E-state index in [0.29, 0.717) is 65.0 Å². The number of likely N-dealkylation sites (tertiary alicyclic amines) is 1. The molecule has 1 saturated carbocycles. The summed E-state index contributed by atoms with van der Waals surface area (Å²) in [7, 11) is 0. The molecule has 46 heavy (non-hydrogen) atoms. The highest BCUT2D eigenvalue weighted by molar-refractivity contribution is 6.30. The summed E-state index contributed by atoms with van der Waals surface area (Å²) < 4.78 is 67.8. The number of H-pyrrole nitrogens is 1. The highest BCUT2D eigenvalue weighted by Crippen LogP contribution is 2.50. The number of ether oxygens (including phenoxy) is 2. The van der Waals surface area contributed by atoms with E-state index < -0.39 is 35.3 Å². The van der Waals surface area contributed by atoms with Crippen molar-refractivity contribution in [3.8, 4) is 29.0 Å². The predicted molar refractivity (Wildman–Crippen MR) is 157 cm³/mol. The SMILES string of the molecule is C[C@]1(c2ccc(Cl)cn2)Oc2cccc(C3CCN(Cc4ncc(-c5n[nH]c(C(F)(F)F)n5)cc4CC4(C#N)CC4)C[C@@H]3F)c2O1. The standard InChI is InChI=1S/C32H28ClF4N7O2/c1-30(26-6-5-20(33)14-40-26)45-25-4-2-3-22(27(25)46-30)21-7-10-44(15-23(21)34)16-24-18(12-31(17-38)8-9-31)11-19(13-39-24)28-41-29(43-42-28)32(35,36)37/h2-6,11,13-14,21,23H,7-10,12,15-16H2,1H3,(H,41,42,43)/t21?,23-,30-/m0/s1. The van der Waals surface area contributed by atoms with Gasteiger partial charge in [-0.05, 0) is 62.1 Å². The molecule has 1 saturated heterocycles. The molecule has 9 nitrogen and oxygen atoms in total. The molecule has 3 atom stereocenters. The second-order valence-electron chi connectivity index (χ2n) is 12.2. The summed E-state index contributed by atoms with van der Waals surface area (Å²) in [5.41, 5.74) is 2.39. The molecule has 1 N–H and O–H groups in total. The lowest BCUT2D eigenvalue weighted by molar-refractivity contribution is -0.144. The molecule has 1 unspecified atom stereocenters. The van der Waals surface area contributed by atoms with Gasteiger partial charge in [-0.3, -0.25) is 20.0 Å². The number of aromatic amines is 1. The fraction of sp³-hybridized carbons (Fsp3) is 0.406. The van der Waals surface area contributed by atoms with E-state index in [9.17, 15) is 18.4 Å². The van der Waals surface area contributed by atoms with Crippen molar-refractivity contribution in [1.29, 1.82) is 5.26 Å². The number of aromatic nitrogens is 5.